The molecule has 0 amide bonds. The van der Waals surface area contributed by atoms with Crippen LogP contribution < -0.4 is 15.0 Å². The number of rotatable bonds is 10. The number of hydrogen-bond donors (Lipinski definition) is 1. The van der Waals surface area contributed by atoms with E-state index < -0.39 is 41.2 Å². The summed E-state index contributed by atoms with van der Waals surface area (Å²) in [4.78, 5) is 27.4. The Morgan fingerprint density at radius 1 is 1.24 bits per heavy atom. The van der Waals surface area contributed by atoms with Crippen LogP contribution in [0.15, 0.2) is 48.7 Å². The number of nitrogens with zero attached hydrogens (tertiary/aromatic N) is 1. The van der Waals surface area contributed by atoms with Crippen LogP contribution >= 0.6 is 11.6 Å². The minimum absolute atomic E-state index is 0.0354. The summed E-state index contributed by atoms with van der Waals surface area (Å²) < 4.78 is 54.0. The predicted octanol–water partition coefficient (Wildman–Crippen LogP) is 5.38. The van der Waals surface area contributed by atoms with E-state index in [-0.39, 0.29) is 22.3 Å². The lowest BCUT2D eigenvalue weighted by atomic mass is 10.2. The standard InChI is InChI=1S/C20H18ClF3N2O7/c1-11(2)25-31-10-30-19(27)12(3)32-18-9-14(5-6-16(18)26(28)29)33-17-7-4-13(8-15(17)21)20(22,23)24/h4-9,12,25H,1,10H2,2-3H3. The largest absolute Gasteiger partial charge is 0.472 e. The summed E-state index contributed by atoms with van der Waals surface area (Å²) in [6.45, 7) is 5.94. The molecule has 0 fully saturated rings. The van der Waals surface area contributed by atoms with Crippen LogP contribution in [-0.2, 0) is 20.5 Å². The zero-order chi connectivity index (χ0) is 24.8. The molecule has 0 aliphatic carbocycles. The van der Waals surface area contributed by atoms with Gasteiger partial charge in [0.25, 0.3) is 0 Å². The number of carbonyl (C=O) groups excluding carboxylic acids is 1. The molecule has 1 atom stereocenters. The fourth-order valence-electron chi connectivity index (χ4n) is 2.29. The van der Waals surface area contributed by atoms with Crippen molar-refractivity contribution in [2.75, 3.05) is 6.79 Å². The van der Waals surface area contributed by atoms with Gasteiger partial charge in [0.1, 0.15) is 11.5 Å². The summed E-state index contributed by atoms with van der Waals surface area (Å²) in [6.07, 6.45) is -5.87. The first-order chi connectivity index (χ1) is 15.4. The quantitative estimate of drug-likeness (QED) is 0.155. The highest BCUT2D eigenvalue weighted by Gasteiger charge is 2.31. The van der Waals surface area contributed by atoms with Crippen LogP contribution in [0, 0.1) is 10.1 Å². The molecule has 13 heteroatoms. The van der Waals surface area contributed by atoms with E-state index in [0.29, 0.717) is 11.8 Å². The van der Waals surface area contributed by atoms with Crippen molar-refractivity contribution in [3.63, 3.8) is 0 Å². The zero-order valence-corrected chi connectivity index (χ0v) is 18.0. The van der Waals surface area contributed by atoms with Crippen molar-refractivity contribution in [2.45, 2.75) is 26.1 Å². The van der Waals surface area contributed by atoms with Crippen molar-refractivity contribution in [2.24, 2.45) is 0 Å². The number of allylic oxidation sites excluding steroid dienone is 1. The second kappa shape index (κ2) is 10.9. The van der Waals surface area contributed by atoms with Gasteiger partial charge in [0, 0.05) is 17.8 Å². The van der Waals surface area contributed by atoms with Gasteiger partial charge in [0.2, 0.25) is 12.5 Å². The average Bonchev–Trinajstić information content (AvgIpc) is 2.71. The molecule has 0 saturated carbocycles. The number of esters is 1. The van der Waals surface area contributed by atoms with Crippen molar-refractivity contribution in [1.82, 2.24) is 5.48 Å². The summed E-state index contributed by atoms with van der Waals surface area (Å²) in [5.74, 6) is -1.39. The van der Waals surface area contributed by atoms with Crippen molar-refractivity contribution in [3.8, 4) is 17.2 Å². The van der Waals surface area contributed by atoms with Gasteiger partial charge >= 0.3 is 17.8 Å². The molecule has 0 aliphatic heterocycles. The summed E-state index contributed by atoms with van der Waals surface area (Å²) >= 11 is 5.86. The van der Waals surface area contributed by atoms with Gasteiger partial charge in [-0.2, -0.15) is 13.2 Å². The predicted molar refractivity (Wildman–Crippen MR) is 110 cm³/mol. The third kappa shape index (κ3) is 7.54. The van der Waals surface area contributed by atoms with Crippen LogP contribution in [0.3, 0.4) is 0 Å². The number of hydroxylamine groups is 1. The van der Waals surface area contributed by atoms with Crippen molar-refractivity contribution in [1.29, 1.82) is 0 Å². The lowest BCUT2D eigenvalue weighted by molar-refractivity contribution is -0.386. The molecule has 0 spiro atoms. The number of alkyl halides is 3. The van der Waals surface area contributed by atoms with E-state index in [9.17, 15) is 28.1 Å². The van der Waals surface area contributed by atoms with Gasteiger partial charge in [0.05, 0.1) is 15.5 Å². The van der Waals surface area contributed by atoms with Crippen molar-refractivity contribution >= 4 is 23.3 Å². The van der Waals surface area contributed by atoms with Crippen LogP contribution in [0.2, 0.25) is 5.02 Å². The van der Waals surface area contributed by atoms with Crippen LogP contribution in [0.1, 0.15) is 19.4 Å². The van der Waals surface area contributed by atoms with Gasteiger partial charge in [-0.25, -0.2) is 9.63 Å². The monoisotopic (exact) mass is 490 g/mol. The van der Waals surface area contributed by atoms with E-state index in [1.807, 2.05) is 0 Å². The topological polar surface area (TPSA) is 109 Å². The average molecular weight is 491 g/mol. The summed E-state index contributed by atoms with van der Waals surface area (Å²) in [6, 6.07) is 5.79. The SMILES string of the molecule is C=C(C)NOCOC(=O)C(C)Oc1cc(Oc2ccc(C(F)(F)F)cc2Cl)ccc1[N+](=O)[O-]. The molecule has 9 nitrogen and oxygen atoms in total. The lowest BCUT2D eigenvalue weighted by Gasteiger charge is -2.15. The molecule has 0 aromatic heterocycles. The third-order valence-corrected chi connectivity index (χ3v) is 4.05. The molecule has 1 unspecified atom stereocenters. The van der Waals surface area contributed by atoms with Gasteiger partial charge < -0.3 is 14.2 Å². The molecule has 33 heavy (non-hydrogen) atoms. The van der Waals surface area contributed by atoms with E-state index in [1.54, 1.807) is 6.92 Å². The van der Waals surface area contributed by atoms with E-state index in [2.05, 4.69) is 12.1 Å². The van der Waals surface area contributed by atoms with E-state index in [1.165, 1.54) is 13.0 Å². The number of ether oxygens (including phenoxy) is 3. The second-order valence-electron chi connectivity index (χ2n) is 6.50. The molecule has 1 N–H and O–H groups in total. The Bertz CT molecular complexity index is 1050. The fraction of sp³-hybridized carbons (Fsp3) is 0.250. The maximum Gasteiger partial charge on any atom is 0.416 e. The molecule has 0 aliphatic rings. The molecule has 0 heterocycles. The number of benzene rings is 2. The van der Waals surface area contributed by atoms with Gasteiger partial charge in [-0.05, 0) is 38.1 Å². The number of halogens is 4. The molecule has 0 saturated heterocycles. The summed E-state index contributed by atoms with van der Waals surface area (Å²) in [5, 5.41) is 11.0. The zero-order valence-electron chi connectivity index (χ0n) is 17.3. The minimum atomic E-state index is -4.59. The highest BCUT2D eigenvalue weighted by atomic mass is 35.5. The Morgan fingerprint density at radius 3 is 2.52 bits per heavy atom. The van der Waals surface area contributed by atoms with Crippen LogP contribution in [-0.4, -0.2) is 23.8 Å². The second-order valence-corrected chi connectivity index (χ2v) is 6.91. The molecule has 0 radical (unpaired) electrons. The van der Waals surface area contributed by atoms with E-state index in [0.717, 1.165) is 24.3 Å². The van der Waals surface area contributed by atoms with Gasteiger partial charge in [-0.3, -0.25) is 15.6 Å². The first kappa shape index (κ1) is 25.7. The van der Waals surface area contributed by atoms with Gasteiger partial charge in [-0.1, -0.05) is 18.2 Å². The number of nitro benzene ring substituents is 1. The van der Waals surface area contributed by atoms with Crippen molar-refractivity contribution < 1.29 is 41.9 Å². The van der Waals surface area contributed by atoms with Crippen LogP contribution in [0.5, 0.6) is 17.2 Å². The van der Waals surface area contributed by atoms with E-state index >= 15 is 0 Å². The molecular formula is C20H18ClF3N2O7. The normalized spacial score (nSPS) is 11.9. The van der Waals surface area contributed by atoms with Crippen LogP contribution in [0.4, 0.5) is 18.9 Å². The highest BCUT2D eigenvalue weighted by Crippen LogP contribution is 2.38. The highest BCUT2D eigenvalue weighted by molar-refractivity contribution is 6.32. The Morgan fingerprint density at radius 2 is 1.94 bits per heavy atom. The minimum Gasteiger partial charge on any atom is -0.472 e. The first-order valence-electron chi connectivity index (χ1n) is 9.08. The first-order valence-corrected chi connectivity index (χ1v) is 9.46. The number of nitro groups is 1. The number of hydrogen-bond acceptors (Lipinski definition) is 8. The van der Waals surface area contributed by atoms with Gasteiger partial charge in [-0.15, -0.1) is 0 Å². The maximum absolute atomic E-state index is 12.8. The molecular weight excluding hydrogens is 473 g/mol. The summed E-state index contributed by atoms with van der Waals surface area (Å²) in [7, 11) is 0. The fourth-order valence-corrected chi connectivity index (χ4v) is 2.51. The Kier molecular flexibility index (Phi) is 8.49. The number of nitrogens with one attached hydrogen (secondary N) is 1. The van der Waals surface area contributed by atoms with Gasteiger partial charge in [0.15, 0.2) is 6.10 Å². The van der Waals surface area contributed by atoms with Crippen LogP contribution in [0.25, 0.3) is 0 Å². The summed E-state index contributed by atoms with van der Waals surface area (Å²) in [5.41, 5.74) is 1.38. The van der Waals surface area contributed by atoms with E-state index in [4.69, 9.17) is 30.6 Å². The molecule has 2 rings (SSSR count). The lowest BCUT2D eigenvalue weighted by Crippen LogP contribution is -2.28. The maximum atomic E-state index is 12.8. The Balaban J connectivity index is 2.17. The smallest absolute Gasteiger partial charge is 0.416 e. The Hall–Kier alpha value is -3.51. The molecule has 178 valence electrons. The van der Waals surface area contributed by atoms with Crippen molar-refractivity contribution in [3.05, 3.63) is 69.4 Å². The molecule has 2 aromatic carbocycles. The number of carbonyl (C=O) groups is 1. The third-order valence-electron chi connectivity index (χ3n) is 3.76. The molecule has 0 bridgehead atoms. The Labute approximate surface area is 190 Å². The molecule has 2 aromatic rings.